The van der Waals surface area contributed by atoms with Gasteiger partial charge in [0.2, 0.25) is 5.91 Å². The first kappa shape index (κ1) is 14.4. The molecule has 0 radical (unpaired) electrons. The summed E-state index contributed by atoms with van der Waals surface area (Å²) in [4.78, 5) is 22.0. The van der Waals surface area contributed by atoms with E-state index >= 15 is 0 Å². The molecular weight excluding hydrogens is 289 g/mol. The molecule has 6 nitrogen and oxygen atoms in total. The van der Waals surface area contributed by atoms with Gasteiger partial charge < -0.3 is 4.74 Å². The number of hydrogen-bond donors (Lipinski definition) is 1. The average Bonchev–Trinajstić information content (AvgIpc) is 2.31. The SMILES string of the molecule is Cc1cc(OC2CCC(=O)NC2=O)cc(S(=O)(=O)F)c1. The van der Waals surface area contributed by atoms with Crippen molar-refractivity contribution in [1.82, 2.24) is 5.32 Å². The second-order valence-corrected chi connectivity index (χ2v) is 5.82. The lowest BCUT2D eigenvalue weighted by Crippen LogP contribution is -2.46. The van der Waals surface area contributed by atoms with Crippen molar-refractivity contribution in [2.24, 2.45) is 0 Å². The highest BCUT2D eigenvalue weighted by molar-refractivity contribution is 7.86. The number of imide groups is 1. The van der Waals surface area contributed by atoms with E-state index in [2.05, 4.69) is 5.32 Å². The number of piperidine rings is 1. The summed E-state index contributed by atoms with van der Waals surface area (Å²) in [5.74, 6) is -0.908. The lowest BCUT2D eigenvalue weighted by Gasteiger charge is -2.22. The normalized spacial score (nSPS) is 19.6. The number of hydrogen-bond acceptors (Lipinski definition) is 5. The van der Waals surface area contributed by atoms with Crippen LogP contribution in [0.1, 0.15) is 18.4 Å². The van der Waals surface area contributed by atoms with E-state index in [1.807, 2.05) is 0 Å². The number of carbonyl (C=O) groups is 2. The number of nitrogens with one attached hydrogen (secondary N) is 1. The summed E-state index contributed by atoms with van der Waals surface area (Å²) >= 11 is 0. The minimum absolute atomic E-state index is 0.0655. The van der Waals surface area contributed by atoms with E-state index in [1.165, 1.54) is 6.07 Å². The van der Waals surface area contributed by atoms with Gasteiger partial charge >= 0.3 is 10.2 Å². The summed E-state index contributed by atoms with van der Waals surface area (Å²) in [6, 6.07) is 3.65. The molecular formula is C12H12FNO5S. The van der Waals surface area contributed by atoms with Crippen molar-refractivity contribution in [2.75, 3.05) is 0 Å². The maximum absolute atomic E-state index is 13.0. The predicted octanol–water partition coefficient (Wildman–Crippen LogP) is 0.837. The van der Waals surface area contributed by atoms with Crippen LogP contribution in [0.4, 0.5) is 3.89 Å². The molecule has 1 atom stereocenters. The standard InChI is InChI=1S/C12H12FNO5S/c1-7-4-8(6-9(5-7)20(13,17)18)19-10-2-3-11(15)14-12(10)16/h4-6,10H,2-3H2,1H3,(H,14,15,16). The van der Waals surface area contributed by atoms with Gasteiger partial charge in [0.05, 0.1) is 0 Å². The van der Waals surface area contributed by atoms with E-state index in [9.17, 15) is 21.9 Å². The van der Waals surface area contributed by atoms with Gasteiger partial charge in [0, 0.05) is 18.9 Å². The Bertz CT molecular complexity index is 670. The molecule has 8 heteroatoms. The summed E-state index contributed by atoms with van der Waals surface area (Å²) < 4.78 is 40.1. The molecule has 1 fully saturated rings. The molecule has 1 heterocycles. The fraction of sp³-hybridized carbons (Fsp3) is 0.333. The topological polar surface area (TPSA) is 89.5 Å². The van der Waals surface area contributed by atoms with Crippen LogP contribution in [-0.4, -0.2) is 26.3 Å². The molecule has 108 valence electrons. The van der Waals surface area contributed by atoms with Gasteiger partial charge in [-0.15, -0.1) is 3.89 Å². The number of ether oxygens (including phenoxy) is 1. The van der Waals surface area contributed by atoms with Gasteiger partial charge in [-0.05, 0) is 24.6 Å². The second kappa shape index (κ2) is 5.20. The number of benzene rings is 1. The average molecular weight is 301 g/mol. The van der Waals surface area contributed by atoms with Crippen molar-refractivity contribution in [3.63, 3.8) is 0 Å². The first-order valence-corrected chi connectivity index (χ1v) is 7.21. The first-order valence-electron chi connectivity index (χ1n) is 5.82. The molecule has 0 aliphatic carbocycles. The lowest BCUT2D eigenvalue weighted by atomic mass is 10.1. The molecule has 2 amide bonds. The fourth-order valence-corrected chi connectivity index (χ4v) is 2.46. The Morgan fingerprint density at radius 1 is 1.30 bits per heavy atom. The molecule has 0 spiro atoms. The number of halogens is 1. The van der Waals surface area contributed by atoms with Gasteiger partial charge in [0.15, 0.2) is 6.10 Å². The summed E-state index contributed by atoms with van der Waals surface area (Å²) in [6.07, 6.45) is -0.572. The predicted molar refractivity (Wildman–Crippen MR) is 66.3 cm³/mol. The number of amides is 2. The zero-order chi connectivity index (χ0) is 14.9. The van der Waals surface area contributed by atoms with Crippen LogP contribution in [0.5, 0.6) is 5.75 Å². The maximum atomic E-state index is 13.0. The number of aryl methyl sites for hydroxylation is 1. The van der Waals surface area contributed by atoms with Crippen molar-refractivity contribution in [2.45, 2.75) is 30.8 Å². The minimum Gasteiger partial charge on any atom is -0.481 e. The monoisotopic (exact) mass is 301 g/mol. The molecule has 1 aliphatic heterocycles. The smallest absolute Gasteiger partial charge is 0.332 e. The molecule has 2 rings (SSSR count). The molecule has 1 aromatic rings. The van der Waals surface area contributed by atoms with Gasteiger partial charge in [-0.3, -0.25) is 14.9 Å². The molecule has 0 aromatic heterocycles. The summed E-state index contributed by atoms with van der Waals surface area (Å²) in [5.41, 5.74) is 0.478. The van der Waals surface area contributed by atoms with Crippen LogP contribution in [0.15, 0.2) is 23.1 Å². The lowest BCUT2D eigenvalue weighted by molar-refractivity contribution is -0.138. The highest BCUT2D eigenvalue weighted by atomic mass is 32.3. The van der Waals surface area contributed by atoms with Crippen molar-refractivity contribution in [1.29, 1.82) is 0 Å². The Morgan fingerprint density at radius 2 is 2.00 bits per heavy atom. The van der Waals surface area contributed by atoms with Crippen molar-refractivity contribution in [3.05, 3.63) is 23.8 Å². The van der Waals surface area contributed by atoms with E-state index in [0.717, 1.165) is 12.1 Å². The zero-order valence-electron chi connectivity index (χ0n) is 10.6. The Kier molecular flexibility index (Phi) is 3.76. The number of carbonyl (C=O) groups excluding carboxylic acids is 2. The van der Waals surface area contributed by atoms with Crippen LogP contribution < -0.4 is 10.1 Å². The summed E-state index contributed by atoms with van der Waals surface area (Å²) in [6.45, 7) is 1.58. The summed E-state index contributed by atoms with van der Waals surface area (Å²) in [5, 5.41) is 2.11. The van der Waals surface area contributed by atoms with Crippen LogP contribution in [-0.2, 0) is 19.8 Å². The zero-order valence-corrected chi connectivity index (χ0v) is 11.4. The third kappa shape index (κ3) is 3.32. The van der Waals surface area contributed by atoms with E-state index < -0.39 is 27.1 Å². The Balaban J connectivity index is 2.24. The van der Waals surface area contributed by atoms with Crippen LogP contribution in [0.3, 0.4) is 0 Å². The Labute approximate surface area is 115 Å². The molecule has 20 heavy (non-hydrogen) atoms. The third-order valence-corrected chi connectivity index (χ3v) is 3.57. The van der Waals surface area contributed by atoms with E-state index in [0.29, 0.717) is 5.56 Å². The van der Waals surface area contributed by atoms with Crippen LogP contribution in [0.2, 0.25) is 0 Å². The van der Waals surface area contributed by atoms with E-state index in [4.69, 9.17) is 4.74 Å². The summed E-state index contributed by atoms with van der Waals surface area (Å²) in [7, 11) is -4.85. The Morgan fingerprint density at radius 3 is 2.60 bits per heavy atom. The molecule has 1 aromatic carbocycles. The number of rotatable bonds is 3. The van der Waals surface area contributed by atoms with E-state index in [1.54, 1.807) is 6.92 Å². The van der Waals surface area contributed by atoms with Gasteiger partial charge in [-0.2, -0.15) is 8.42 Å². The van der Waals surface area contributed by atoms with Gasteiger partial charge in [-0.25, -0.2) is 0 Å². The quantitative estimate of drug-likeness (QED) is 0.660. The minimum atomic E-state index is -4.85. The molecule has 0 saturated carbocycles. The van der Waals surface area contributed by atoms with Crippen molar-refractivity contribution < 1.29 is 26.6 Å². The van der Waals surface area contributed by atoms with Gasteiger partial charge in [0.25, 0.3) is 5.91 Å². The van der Waals surface area contributed by atoms with Crippen molar-refractivity contribution in [3.8, 4) is 5.75 Å². The highest BCUT2D eigenvalue weighted by Gasteiger charge is 2.28. The fourth-order valence-electron chi connectivity index (χ4n) is 1.87. The van der Waals surface area contributed by atoms with Gasteiger partial charge in [0.1, 0.15) is 10.6 Å². The van der Waals surface area contributed by atoms with Crippen LogP contribution in [0.25, 0.3) is 0 Å². The Hall–Kier alpha value is -1.96. The van der Waals surface area contributed by atoms with Crippen molar-refractivity contribution >= 4 is 22.0 Å². The largest absolute Gasteiger partial charge is 0.481 e. The molecule has 1 aliphatic rings. The highest BCUT2D eigenvalue weighted by Crippen LogP contribution is 2.24. The molecule has 1 N–H and O–H groups in total. The third-order valence-electron chi connectivity index (χ3n) is 2.77. The van der Waals surface area contributed by atoms with Crippen LogP contribution >= 0.6 is 0 Å². The molecule has 1 saturated heterocycles. The maximum Gasteiger partial charge on any atom is 0.332 e. The van der Waals surface area contributed by atoms with E-state index in [-0.39, 0.29) is 24.5 Å². The van der Waals surface area contributed by atoms with Gasteiger partial charge in [-0.1, -0.05) is 0 Å². The first-order chi connectivity index (χ1) is 9.25. The molecule has 0 bridgehead atoms. The molecule has 1 unspecified atom stereocenters. The van der Waals surface area contributed by atoms with Crippen LogP contribution in [0, 0.1) is 6.92 Å². The second-order valence-electron chi connectivity index (χ2n) is 4.48.